The molecular weight excluding hydrogens is 148 g/mol. The van der Waals surface area contributed by atoms with Gasteiger partial charge >= 0.3 is 0 Å². The smallest absolute Gasteiger partial charge is 0.158 e. The molecule has 0 saturated heterocycles. The molecule has 0 aliphatic rings. The Hall–Kier alpha value is -0.850. The van der Waals surface area contributed by atoms with Gasteiger partial charge in [0.05, 0.1) is 0 Å². The van der Waals surface area contributed by atoms with Gasteiger partial charge in [-0.15, -0.1) is 0 Å². The van der Waals surface area contributed by atoms with Gasteiger partial charge < -0.3 is 0 Å². The van der Waals surface area contributed by atoms with Crippen LogP contribution in [0, 0.1) is 5.92 Å². The minimum atomic E-state index is 0.102. The summed E-state index contributed by atoms with van der Waals surface area (Å²) in [6, 6.07) is 0. The highest BCUT2D eigenvalue weighted by Crippen LogP contribution is 2.04. The number of hydrogen-bond donors (Lipinski definition) is 0. The Morgan fingerprint density at radius 1 is 1.08 bits per heavy atom. The van der Waals surface area contributed by atoms with E-state index in [1.807, 2.05) is 40.7 Å². The third-order valence-corrected chi connectivity index (χ3v) is 1.46. The van der Waals surface area contributed by atoms with Gasteiger partial charge in [-0.3, -0.25) is 4.79 Å². The Bertz CT molecular complexity index is 215. The van der Waals surface area contributed by atoms with E-state index in [0.717, 1.165) is 5.57 Å². The molecule has 0 aromatic heterocycles. The average Bonchev–Trinajstić information content (AvgIpc) is 1.84. The maximum Gasteiger partial charge on any atom is 0.158 e. The van der Waals surface area contributed by atoms with Gasteiger partial charge in [0.15, 0.2) is 5.78 Å². The summed E-state index contributed by atoms with van der Waals surface area (Å²) in [5.74, 6) is 0.301. The molecule has 0 aromatic rings. The van der Waals surface area contributed by atoms with E-state index < -0.39 is 0 Å². The maximum atomic E-state index is 11.2. The Morgan fingerprint density at radius 3 is 1.92 bits per heavy atom. The molecule has 0 saturated carbocycles. The van der Waals surface area contributed by atoms with Crippen LogP contribution in [0.1, 0.15) is 34.6 Å². The van der Waals surface area contributed by atoms with Crippen molar-refractivity contribution in [2.45, 2.75) is 34.6 Å². The fourth-order valence-electron chi connectivity index (χ4n) is 0.888. The van der Waals surface area contributed by atoms with E-state index in [9.17, 15) is 4.79 Å². The molecule has 1 nitrogen and oxygen atoms in total. The first-order valence-corrected chi connectivity index (χ1v) is 4.30. The fourth-order valence-corrected chi connectivity index (χ4v) is 0.888. The van der Waals surface area contributed by atoms with Gasteiger partial charge in [-0.05, 0) is 32.4 Å². The number of carbonyl (C=O) groups excluding carboxylic acids is 1. The molecule has 0 aliphatic heterocycles. The standard InChI is InChI=1S/C11H18O/c1-8(2)6-10(5)7-11(12)9(3)4/h6-7,9H,1-5H3/b10-7-. The van der Waals surface area contributed by atoms with Gasteiger partial charge in [0.1, 0.15) is 0 Å². The Kier molecular flexibility index (Phi) is 4.57. The molecule has 68 valence electrons. The van der Waals surface area contributed by atoms with Crippen molar-refractivity contribution in [1.82, 2.24) is 0 Å². The zero-order valence-electron chi connectivity index (χ0n) is 8.64. The summed E-state index contributed by atoms with van der Waals surface area (Å²) in [7, 11) is 0. The lowest BCUT2D eigenvalue weighted by atomic mass is 10.1. The van der Waals surface area contributed by atoms with Crippen molar-refractivity contribution < 1.29 is 4.79 Å². The third-order valence-electron chi connectivity index (χ3n) is 1.46. The summed E-state index contributed by atoms with van der Waals surface area (Å²) in [5.41, 5.74) is 2.26. The average molecular weight is 166 g/mol. The van der Waals surface area contributed by atoms with Gasteiger partial charge in [0, 0.05) is 5.92 Å². The molecule has 0 aromatic carbocycles. The lowest BCUT2D eigenvalue weighted by molar-refractivity contribution is -0.117. The Labute approximate surface area is 75.2 Å². The second kappa shape index (κ2) is 4.91. The number of rotatable bonds is 3. The summed E-state index contributed by atoms with van der Waals surface area (Å²) in [5, 5.41) is 0. The Balaban J connectivity index is 4.37. The zero-order chi connectivity index (χ0) is 9.72. The van der Waals surface area contributed by atoms with E-state index in [1.165, 1.54) is 5.57 Å². The molecule has 0 N–H and O–H groups in total. The van der Waals surface area contributed by atoms with Crippen LogP contribution in [0.25, 0.3) is 0 Å². The molecule has 0 atom stereocenters. The molecule has 0 bridgehead atoms. The van der Waals surface area contributed by atoms with Crippen LogP contribution < -0.4 is 0 Å². The molecule has 0 aliphatic carbocycles. The highest BCUT2D eigenvalue weighted by atomic mass is 16.1. The predicted octanol–water partition coefficient (Wildman–Crippen LogP) is 3.12. The predicted molar refractivity (Wildman–Crippen MR) is 53.0 cm³/mol. The van der Waals surface area contributed by atoms with Crippen LogP contribution in [0.15, 0.2) is 23.3 Å². The summed E-state index contributed by atoms with van der Waals surface area (Å²) in [4.78, 5) is 11.2. The van der Waals surface area contributed by atoms with E-state index in [1.54, 1.807) is 6.08 Å². The third kappa shape index (κ3) is 4.89. The largest absolute Gasteiger partial charge is 0.295 e. The topological polar surface area (TPSA) is 17.1 Å². The van der Waals surface area contributed by atoms with Gasteiger partial charge in [-0.2, -0.15) is 0 Å². The molecule has 0 fully saturated rings. The highest BCUT2D eigenvalue weighted by molar-refractivity contribution is 5.92. The van der Waals surface area contributed by atoms with E-state index in [0.29, 0.717) is 0 Å². The molecule has 0 unspecified atom stereocenters. The zero-order valence-corrected chi connectivity index (χ0v) is 8.64. The van der Waals surface area contributed by atoms with Crippen LogP contribution in [0.2, 0.25) is 0 Å². The van der Waals surface area contributed by atoms with Crippen molar-refractivity contribution in [3.05, 3.63) is 23.3 Å². The van der Waals surface area contributed by atoms with E-state index in [4.69, 9.17) is 0 Å². The quantitative estimate of drug-likeness (QED) is 0.465. The number of ketones is 1. The summed E-state index contributed by atoms with van der Waals surface area (Å²) in [6.45, 7) is 9.82. The van der Waals surface area contributed by atoms with Crippen molar-refractivity contribution in [1.29, 1.82) is 0 Å². The van der Waals surface area contributed by atoms with Crippen molar-refractivity contribution in [3.63, 3.8) is 0 Å². The van der Waals surface area contributed by atoms with Crippen LogP contribution in [0.3, 0.4) is 0 Å². The highest BCUT2D eigenvalue weighted by Gasteiger charge is 2.02. The molecule has 12 heavy (non-hydrogen) atoms. The summed E-state index contributed by atoms with van der Waals surface area (Å²) in [6.07, 6.45) is 3.72. The maximum absolute atomic E-state index is 11.2. The second-order valence-electron chi connectivity index (χ2n) is 3.67. The number of allylic oxidation sites excluding steroid dienone is 4. The van der Waals surface area contributed by atoms with Crippen molar-refractivity contribution >= 4 is 5.78 Å². The molecule has 0 rings (SSSR count). The second-order valence-corrected chi connectivity index (χ2v) is 3.67. The SMILES string of the molecule is CC(C)=C/C(C)=C\C(=O)C(C)C. The number of carbonyl (C=O) groups is 1. The van der Waals surface area contributed by atoms with Crippen LogP contribution in [0.4, 0.5) is 0 Å². The Morgan fingerprint density at radius 2 is 1.58 bits per heavy atom. The van der Waals surface area contributed by atoms with Crippen LogP contribution >= 0.6 is 0 Å². The molecule has 0 spiro atoms. The first-order valence-electron chi connectivity index (χ1n) is 4.30. The molecular formula is C11H18O. The lowest BCUT2D eigenvalue weighted by Gasteiger charge is -1.98. The van der Waals surface area contributed by atoms with E-state index in [-0.39, 0.29) is 11.7 Å². The summed E-state index contributed by atoms with van der Waals surface area (Å²) < 4.78 is 0. The summed E-state index contributed by atoms with van der Waals surface area (Å²) >= 11 is 0. The van der Waals surface area contributed by atoms with Gasteiger partial charge in [-0.1, -0.05) is 25.5 Å². The van der Waals surface area contributed by atoms with Crippen molar-refractivity contribution in [2.75, 3.05) is 0 Å². The normalized spacial score (nSPS) is 11.7. The molecule has 0 amide bonds. The van der Waals surface area contributed by atoms with E-state index >= 15 is 0 Å². The first-order chi connectivity index (χ1) is 5.43. The molecule has 1 heteroatoms. The van der Waals surface area contributed by atoms with Crippen molar-refractivity contribution in [2.24, 2.45) is 5.92 Å². The minimum absolute atomic E-state index is 0.102. The van der Waals surface area contributed by atoms with Crippen molar-refractivity contribution in [3.8, 4) is 0 Å². The fraction of sp³-hybridized carbons (Fsp3) is 0.545. The van der Waals surface area contributed by atoms with E-state index in [2.05, 4.69) is 0 Å². The number of hydrogen-bond acceptors (Lipinski definition) is 1. The van der Waals surface area contributed by atoms with Crippen LogP contribution in [-0.4, -0.2) is 5.78 Å². The van der Waals surface area contributed by atoms with Crippen LogP contribution in [0.5, 0.6) is 0 Å². The molecule has 0 heterocycles. The minimum Gasteiger partial charge on any atom is -0.295 e. The lowest BCUT2D eigenvalue weighted by Crippen LogP contribution is -2.02. The van der Waals surface area contributed by atoms with Gasteiger partial charge in [-0.25, -0.2) is 0 Å². The van der Waals surface area contributed by atoms with Gasteiger partial charge in [0.2, 0.25) is 0 Å². The molecule has 0 radical (unpaired) electrons. The monoisotopic (exact) mass is 166 g/mol. The van der Waals surface area contributed by atoms with Gasteiger partial charge in [0.25, 0.3) is 0 Å². The van der Waals surface area contributed by atoms with Crippen LogP contribution in [-0.2, 0) is 4.79 Å². The first kappa shape index (κ1) is 11.2.